The van der Waals surface area contributed by atoms with E-state index in [1.54, 1.807) is 0 Å². The van der Waals surface area contributed by atoms with Gasteiger partial charge in [-0.1, -0.05) is 35.0 Å². The molecule has 0 spiro atoms. The first-order chi connectivity index (χ1) is 7.63. The summed E-state index contributed by atoms with van der Waals surface area (Å²) in [6.45, 7) is 4.13. The second kappa shape index (κ2) is 6.85. The van der Waals surface area contributed by atoms with Crippen LogP contribution in [0.1, 0.15) is 43.7 Å². The summed E-state index contributed by atoms with van der Waals surface area (Å²) in [6, 6.07) is 6.41. The summed E-state index contributed by atoms with van der Waals surface area (Å²) < 4.78 is 1.16. The van der Waals surface area contributed by atoms with Crippen molar-refractivity contribution >= 4 is 21.7 Å². The summed E-state index contributed by atoms with van der Waals surface area (Å²) in [4.78, 5) is 11.3. The van der Waals surface area contributed by atoms with Gasteiger partial charge in [-0.25, -0.2) is 0 Å². The third kappa shape index (κ3) is 4.48. The molecule has 0 aliphatic heterocycles. The molecule has 16 heavy (non-hydrogen) atoms. The molecule has 0 atom stereocenters. The Morgan fingerprint density at radius 2 is 2.06 bits per heavy atom. The molecule has 2 heteroatoms. The molecule has 0 aliphatic carbocycles. The van der Waals surface area contributed by atoms with Crippen LogP contribution < -0.4 is 0 Å². The van der Waals surface area contributed by atoms with Gasteiger partial charge in [-0.05, 0) is 43.4 Å². The van der Waals surface area contributed by atoms with Crippen molar-refractivity contribution in [2.45, 2.75) is 46.0 Å². The normalized spacial score (nSPS) is 10.4. The van der Waals surface area contributed by atoms with Crippen molar-refractivity contribution in [2.75, 3.05) is 0 Å². The molecule has 0 unspecified atom stereocenters. The van der Waals surface area contributed by atoms with Gasteiger partial charge < -0.3 is 0 Å². The minimum absolute atomic E-state index is 0.397. The Labute approximate surface area is 106 Å². The van der Waals surface area contributed by atoms with Gasteiger partial charge in [0, 0.05) is 17.3 Å². The van der Waals surface area contributed by atoms with Crippen LogP contribution >= 0.6 is 15.9 Å². The van der Waals surface area contributed by atoms with Gasteiger partial charge in [0.1, 0.15) is 5.78 Å². The molecule has 0 saturated carbocycles. The predicted molar refractivity (Wildman–Crippen MR) is 71.7 cm³/mol. The SMILES string of the molecule is CCCC(=O)CCCc1ccc(C)c(Br)c1. The fourth-order valence-electron chi connectivity index (χ4n) is 1.69. The fourth-order valence-corrected chi connectivity index (χ4v) is 2.11. The molecule has 0 radical (unpaired) electrons. The first-order valence-electron chi connectivity index (χ1n) is 5.90. The van der Waals surface area contributed by atoms with Crippen LogP contribution in [0.15, 0.2) is 22.7 Å². The second-order valence-corrected chi connectivity index (χ2v) is 5.08. The Morgan fingerprint density at radius 1 is 1.31 bits per heavy atom. The average Bonchev–Trinajstić information content (AvgIpc) is 2.24. The van der Waals surface area contributed by atoms with Gasteiger partial charge in [-0.2, -0.15) is 0 Å². The zero-order valence-corrected chi connectivity index (χ0v) is 11.6. The smallest absolute Gasteiger partial charge is 0.132 e. The number of halogens is 1. The molecule has 0 aliphatic rings. The van der Waals surface area contributed by atoms with Gasteiger partial charge >= 0.3 is 0 Å². The lowest BCUT2D eigenvalue weighted by atomic mass is 10.0. The quantitative estimate of drug-likeness (QED) is 0.753. The molecule has 0 N–H and O–H groups in total. The van der Waals surface area contributed by atoms with E-state index in [1.807, 2.05) is 0 Å². The van der Waals surface area contributed by atoms with E-state index in [2.05, 4.69) is 48.0 Å². The number of Topliss-reactive ketones (excluding diaryl/α,β-unsaturated/α-hetero) is 1. The molecule has 0 bridgehead atoms. The van der Waals surface area contributed by atoms with Gasteiger partial charge in [0.15, 0.2) is 0 Å². The summed E-state index contributed by atoms with van der Waals surface area (Å²) in [7, 11) is 0. The molecule has 0 saturated heterocycles. The Balaban J connectivity index is 2.37. The standard InChI is InChI=1S/C14H19BrO/c1-3-5-13(16)7-4-6-12-9-8-11(2)14(15)10-12/h8-10H,3-7H2,1-2H3. The van der Waals surface area contributed by atoms with Crippen molar-refractivity contribution in [1.29, 1.82) is 0 Å². The number of hydrogen-bond donors (Lipinski definition) is 0. The zero-order valence-electron chi connectivity index (χ0n) is 10.1. The highest BCUT2D eigenvalue weighted by Crippen LogP contribution is 2.18. The van der Waals surface area contributed by atoms with E-state index in [0.717, 1.165) is 36.6 Å². The topological polar surface area (TPSA) is 17.1 Å². The molecular weight excluding hydrogens is 264 g/mol. The number of benzene rings is 1. The first-order valence-corrected chi connectivity index (χ1v) is 6.69. The van der Waals surface area contributed by atoms with Gasteiger partial charge in [-0.3, -0.25) is 4.79 Å². The largest absolute Gasteiger partial charge is 0.300 e. The molecular formula is C14H19BrO. The fraction of sp³-hybridized carbons (Fsp3) is 0.500. The summed E-state index contributed by atoms with van der Waals surface area (Å²) in [5.41, 5.74) is 2.56. The predicted octanol–water partition coefficient (Wildman–Crippen LogP) is 4.45. The number of ketones is 1. The Morgan fingerprint density at radius 3 is 2.69 bits per heavy atom. The summed E-state index contributed by atoms with van der Waals surface area (Å²) in [5.74, 6) is 0.397. The minimum Gasteiger partial charge on any atom is -0.300 e. The summed E-state index contributed by atoms with van der Waals surface area (Å²) in [5, 5.41) is 0. The van der Waals surface area contributed by atoms with Crippen molar-refractivity contribution in [3.63, 3.8) is 0 Å². The van der Waals surface area contributed by atoms with E-state index in [9.17, 15) is 4.79 Å². The molecule has 0 amide bonds. The van der Waals surface area contributed by atoms with Crippen molar-refractivity contribution in [3.8, 4) is 0 Å². The van der Waals surface area contributed by atoms with Crippen LogP contribution in [0.3, 0.4) is 0 Å². The number of carbonyl (C=O) groups is 1. The Kier molecular flexibility index (Phi) is 5.75. The van der Waals surface area contributed by atoms with Crippen molar-refractivity contribution in [1.82, 2.24) is 0 Å². The molecule has 88 valence electrons. The molecule has 1 aromatic rings. The highest BCUT2D eigenvalue weighted by atomic mass is 79.9. The lowest BCUT2D eigenvalue weighted by Gasteiger charge is -2.04. The van der Waals surface area contributed by atoms with Crippen molar-refractivity contribution < 1.29 is 4.79 Å². The summed E-state index contributed by atoms with van der Waals surface area (Å²) in [6.07, 6.45) is 4.38. The van der Waals surface area contributed by atoms with Crippen LogP contribution in [0.25, 0.3) is 0 Å². The van der Waals surface area contributed by atoms with Crippen LogP contribution in [-0.2, 0) is 11.2 Å². The highest BCUT2D eigenvalue weighted by molar-refractivity contribution is 9.10. The van der Waals surface area contributed by atoms with Crippen LogP contribution in [-0.4, -0.2) is 5.78 Å². The first kappa shape index (κ1) is 13.4. The molecule has 1 aromatic carbocycles. The van der Waals surface area contributed by atoms with E-state index in [-0.39, 0.29) is 0 Å². The van der Waals surface area contributed by atoms with Crippen LogP contribution in [0.2, 0.25) is 0 Å². The zero-order chi connectivity index (χ0) is 12.0. The molecule has 0 aromatic heterocycles. The third-order valence-electron chi connectivity index (χ3n) is 2.69. The lowest BCUT2D eigenvalue weighted by Crippen LogP contribution is -1.98. The Hall–Kier alpha value is -0.630. The number of carbonyl (C=O) groups excluding carboxylic acids is 1. The van der Waals surface area contributed by atoms with Gasteiger partial charge in [0.05, 0.1) is 0 Å². The van der Waals surface area contributed by atoms with Crippen LogP contribution in [0, 0.1) is 6.92 Å². The maximum Gasteiger partial charge on any atom is 0.132 e. The molecule has 1 nitrogen and oxygen atoms in total. The van der Waals surface area contributed by atoms with Gasteiger partial charge in [0.2, 0.25) is 0 Å². The molecule has 0 heterocycles. The number of rotatable bonds is 6. The van der Waals surface area contributed by atoms with E-state index < -0.39 is 0 Å². The number of aryl methyl sites for hydroxylation is 2. The van der Waals surface area contributed by atoms with E-state index in [4.69, 9.17) is 0 Å². The Bertz CT molecular complexity index is 358. The van der Waals surface area contributed by atoms with Crippen molar-refractivity contribution in [3.05, 3.63) is 33.8 Å². The lowest BCUT2D eigenvalue weighted by molar-refractivity contribution is -0.119. The monoisotopic (exact) mass is 282 g/mol. The third-order valence-corrected chi connectivity index (χ3v) is 3.54. The maximum atomic E-state index is 11.3. The van der Waals surface area contributed by atoms with Crippen molar-refractivity contribution in [2.24, 2.45) is 0 Å². The molecule has 0 fully saturated rings. The summed E-state index contributed by atoms with van der Waals surface area (Å²) >= 11 is 3.52. The van der Waals surface area contributed by atoms with Crippen LogP contribution in [0.5, 0.6) is 0 Å². The average molecular weight is 283 g/mol. The molecule has 1 rings (SSSR count). The maximum absolute atomic E-state index is 11.3. The van der Waals surface area contributed by atoms with E-state index >= 15 is 0 Å². The minimum atomic E-state index is 0.397. The second-order valence-electron chi connectivity index (χ2n) is 4.23. The van der Waals surface area contributed by atoms with Crippen LogP contribution in [0.4, 0.5) is 0 Å². The van der Waals surface area contributed by atoms with E-state index in [1.165, 1.54) is 11.1 Å². The van der Waals surface area contributed by atoms with Gasteiger partial charge in [0.25, 0.3) is 0 Å². The van der Waals surface area contributed by atoms with E-state index in [0.29, 0.717) is 5.78 Å². The highest BCUT2D eigenvalue weighted by Gasteiger charge is 2.02. The number of hydrogen-bond acceptors (Lipinski definition) is 1. The van der Waals surface area contributed by atoms with Gasteiger partial charge in [-0.15, -0.1) is 0 Å².